The topological polar surface area (TPSA) is 47.0 Å². The van der Waals surface area contributed by atoms with Crippen LogP contribution in [0.1, 0.15) is 19.5 Å². The van der Waals surface area contributed by atoms with Crippen LogP contribution in [0.15, 0.2) is 21.6 Å². The highest BCUT2D eigenvalue weighted by atomic mass is 79.9. The number of pyridine rings is 1. The summed E-state index contributed by atoms with van der Waals surface area (Å²) < 4.78 is 24.3. The molecule has 1 aromatic rings. The summed E-state index contributed by atoms with van der Waals surface area (Å²) in [5.41, 5.74) is 0.687. The molecule has 0 N–H and O–H groups in total. The third kappa shape index (κ3) is 2.15. The number of sulfone groups is 1. The fraction of sp³-hybridized carbons (Fsp3) is 0.444. The standard InChI is InChI=1S/C9H12BrNO2S/c1-6(2)14(12,13)9-5-4-8(10)7(3)11-9/h4-6H,1-3H3. The predicted molar refractivity (Wildman–Crippen MR) is 59.0 cm³/mol. The Morgan fingerprint density at radius 3 is 2.36 bits per heavy atom. The van der Waals surface area contributed by atoms with Crippen LogP contribution in [0.2, 0.25) is 0 Å². The second-order valence-electron chi connectivity index (χ2n) is 3.31. The van der Waals surface area contributed by atoms with Crippen molar-refractivity contribution in [1.82, 2.24) is 4.98 Å². The molecule has 0 saturated heterocycles. The first-order valence-electron chi connectivity index (χ1n) is 4.22. The van der Waals surface area contributed by atoms with E-state index in [0.717, 1.165) is 4.47 Å². The van der Waals surface area contributed by atoms with E-state index in [-0.39, 0.29) is 5.03 Å². The van der Waals surface area contributed by atoms with Crippen LogP contribution in [0, 0.1) is 6.92 Å². The Hall–Kier alpha value is -0.420. The van der Waals surface area contributed by atoms with Gasteiger partial charge in [0.1, 0.15) is 0 Å². The monoisotopic (exact) mass is 277 g/mol. The maximum absolute atomic E-state index is 11.7. The Morgan fingerprint density at radius 2 is 1.93 bits per heavy atom. The van der Waals surface area contributed by atoms with Crippen molar-refractivity contribution < 1.29 is 8.42 Å². The summed E-state index contributed by atoms with van der Waals surface area (Å²) >= 11 is 3.28. The number of aryl methyl sites for hydroxylation is 1. The Labute approximate surface area is 92.6 Å². The van der Waals surface area contributed by atoms with E-state index in [4.69, 9.17) is 0 Å². The molecule has 3 nitrogen and oxygen atoms in total. The molecule has 0 spiro atoms. The lowest BCUT2D eigenvalue weighted by Gasteiger charge is -2.07. The van der Waals surface area contributed by atoms with Gasteiger partial charge in [-0.05, 0) is 48.8 Å². The second-order valence-corrected chi connectivity index (χ2v) is 6.62. The lowest BCUT2D eigenvalue weighted by atomic mass is 10.4. The summed E-state index contributed by atoms with van der Waals surface area (Å²) in [7, 11) is -3.25. The number of nitrogens with zero attached hydrogens (tertiary/aromatic N) is 1. The number of hydrogen-bond acceptors (Lipinski definition) is 3. The first kappa shape index (κ1) is 11.7. The number of halogens is 1. The van der Waals surface area contributed by atoms with Crippen molar-refractivity contribution in [2.45, 2.75) is 31.0 Å². The molecule has 0 aliphatic rings. The molecule has 1 rings (SSSR count). The van der Waals surface area contributed by atoms with Crippen LogP contribution in [0.25, 0.3) is 0 Å². The maximum atomic E-state index is 11.7. The van der Waals surface area contributed by atoms with Gasteiger partial charge < -0.3 is 0 Å². The zero-order valence-electron chi connectivity index (χ0n) is 8.28. The van der Waals surface area contributed by atoms with E-state index < -0.39 is 15.1 Å². The molecule has 78 valence electrons. The first-order valence-corrected chi connectivity index (χ1v) is 6.56. The molecule has 0 aromatic carbocycles. The van der Waals surface area contributed by atoms with Crippen molar-refractivity contribution in [1.29, 1.82) is 0 Å². The van der Waals surface area contributed by atoms with E-state index in [1.807, 2.05) is 0 Å². The Bertz CT molecular complexity index is 440. The third-order valence-corrected chi connectivity index (χ3v) is 4.80. The molecule has 1 aromatic heterocycles. The quantitative estimate of drug-likeness (QED) is 0.834. The highest BCUT2D eigenvalue weighted by molar-refractivity contribution is 9.10. The highest BCUT2D eigenvalue weighted by Gasteiger charge is 2.20. The molecule has 0 fully saturated rings. The number of rotatable bonds is 2. The molecule has 0 unspecified atom stereocenters. The van der Waals surface area contributed by atoms with E-state index >= 15 is 0 Å². The van der Waals surface area contributed by atoms with Crippen molar-refractivity contribution >= 4 is 25.8 Å². The summed E-state index contributed by atoms with van der Waals surface area (Å²) in [6, 6.07) is 3.23. The lowest BCUT2D eigenvalue weighted by molar-refractivity contribution is 0.583. The molecule has 0 radical (unpaired) electrons. The molecule has 0 saturated carbocycles. The SMILES string of the molecule is Cc1nc(S(=O)(=O)C(C)C)ccc1Br. The van der Waals surface area contributed by atoms with Gasteiger partial charge in [0, 0.05) is 4.47 Å². The highest BCUT2D eigenvalue weighted by Crippen LogP contribution is 2.19. The van der Waals surface area contributed by atoms with Gasteiger partial charge in [-0.15, -0.1) is 0 Å². The van der Waals surface area contributed by atoms with E-state index in [0.29, 0.717) is 5.69 Å². The molecule has 0 atom stereocenters. The van der Waals surface area contributed by atoms with Crippen molar-refractivity contribution in [3.63, 3.8) is 0 Å². The van der Waals surface area contributed by atoms with Crippen LogP contribution in [-0.2, 0) is 9.84 Å². The van der Waals surface area contributed by atoms with Gasteiger partial charge in [-0.2, -0.15) is 0 Å². The van der Waals surface area contributed by atoms with Crippen LogP contribution in [0.5, 0.6) is 0 Å². The van der Waals surface area contributed by atoms with Crippen LogP contribution < -0.4 is 0 Å². The third-order valence-electron chi connectivity index (χ3n) is 1.91. The Balaban J connectivity index is 3.29. The minimum atomic E-state index is -3.25. The summed E-state index contributed by atoms with van der Waals surface area (Å²) in [4.78, 5) is 4.03. The molecule has 0 amide bonds. The normalized spacial score (nSPS) is 12.1. The minimum Gasteiger partial charge on any atom is -0.240 e. The molecule has 0 aliphatic heterocycles. The van der Waals surface area contributed by atoms with Gasteiger partial charge in [-0.25, -0.2) is 13.4 Å². The van der Waals surface area contributed by atoms with Crippen LogP contribution in [0.3, 0.4) is 0 Å². The molecule has 5 heteroatoms. The van der Waals surface area contributed by atoms with Gasteiger partial charge in [0.05, 0.1) is 10.9 Å². The van der Waals surface area contributed by atoms with Crippen molar-refractivity contribution in [2.24, 2.45) is 0 Å². The van der Waals surface area contributed by atoms with Gasteiger partial charge in [0.2, 0.25) is 0 Å². The van der Waals surface area contributed by atoms with E-state index in [1.165, 1.54) is 6.07 Å². The van der Waals surface area contributed by atoms with Crippen molar-refractivity contribution in [3.8, 4) is 0 Å². The Morgan fingerprint density at radius 1 is 1.36 bits per heavy atom. The predicted octanol–water partition coefficient (Wildman–Crippen LogP) is 2.33. The molecule has 0 aliphatic carbocycles. The number of hydrogen-bond donors (Lipinski definition) is 0. The van der Waals surface area contributed by atoms with Gasteiger partial charge in [-0.3, -0.25) is 0 Å². The summed E-state index contributed by atoms with van der Waals surface area (Å²) in [6.07, 6.45) is 0. The van der Waals surface area contributed by atoms with E-state index in [1.54, 1.807) is 26.8 Å². The lowest BCUT2D eigenvalue weighted by Crippen LogP contribution is -2.15. The molecule has 0 bridgehead atoms. The van der Waals surface area contributed by atoms with Crippen LogP contribution >= 0.6 is 15.9 Å². The fourth-order valence-corrected chi connectivity index (χ4v) is 2.15. The molecular formula is C9H12BrNO2S. The zero-order valence-corrected chi connectivity index (χ0v) is 10.7. The van der Waals surface area contributed by atoms with Crippen LogP contribution in [0.4, 0.5) is 0 Å². The number of aromatic nitrogens is 1. The van der Waals surface area contributed by atoms with Crippen LogP contribution in [-0.4, -0.2) is 18.7 Å². The van der Waals surface area contributed by atoms with Gasteiger partial charge >= 0.3 is 0 Å². The summed E-state index contributed by atoms with van der Waals surface area (Å²) in [5.74, 6) is 0. The van der Waals surface area contributed by atoms with E-state index in [2.05, 4.69) is 20.9 Å². The second kappa shape index (κ2) is 3.98. The van der Waals surface area contributed by atoms with Crippen molar-refractivity contribution in [2.75, 3.05) is 0 Å². The zero-order chi connectivity index (χ0) is 10.9. The van der Waals surface area contributed by atoms with Gasteiger partial charge in [0.25, 0.3) is 0 Å². The molecule has 1 heterocycles. The maximum Gasteiger partial charge on any atom is 0.197 e. The smallest absolute Gasteiger partial charge is 0.197 e. The van der Waals surface area contributed by atoms with E-state index in [9.17, 15) is 8.42 Å². The van der Waals surface area contributed by atoms with Gasteiger partial charge in [-0.1, -0.05) is 0 Å². The average molecular weight is 278 g/mol. The van der Waals surface area contributed by atoms with Crippen molar-refractivity contribution in [3.05, 3.63) is 22.3 Å². The van der Waals surface area contributed by atoms with Gasteiger partial charge in [0.15, 0.2) is 14.9 Å². The first-order chi connectivity index (χ1) is 6.35. The fourth-order valence-electron chi connectivity index (χ4n) is 0.921. The molecule has 14 heavy (non-hydrogen) atoms. The largest absolute Gasteiger partial charge is 0.240 e. The average Bonchev–Trinajstić information content (AvgIpc) is 2.09. The summed E-state index contributed by atoms with van der Waals surface area (Å²) in [6.45, 7) is 5.06. The molecular weight excluding hydrogens is 266 g/mol. The Kier molecular flexibility index (Phi) is 3.32. The minimum absolute atomic E-state index is 0.146. The summed E-state index contributed by atoms with van der Waals surface area (Å²) in [5, 5.41) is -0.288.